The van der Waals surface area contributed by atoms with Crippen molar-refractivity contribution in [3.63, 3.8) is 0 Å². The summed E-state index contributed by atoms with van der Waals surface area (Å²) in [5, 5.41) is 14.7. The Labute approximate surface area is 138 Å². The van der Waals surface area contributed by atoms with Gasteiger partial charge in [0.15, 0.2) is 6.04 Å². The fourth-order valence-electron chi connectivity index (χ4n) is 2.62. The van der Waals surface area contributed by atoms with Crippen molar-refractivity contribution in [2.75, 3.05) is 0 Å². The Bertz CT molecular complexity index is 960. The normalized spacial score (nSPS) is 17.2. The predicted octanol–water partition coefficient (Wildman–Crippen LogP) is 3.22. The zero-order chi connectivity index (χ0) is 16.4. The summed E-state index contributed by atoms with van der Waals surface area (Å²) in [4.78, 5) is 16.1. The maximum atomic E-state index is 12.0. The summed E-state index contributed by atoms with van der Waals surface area (Å²) in [7, 11) is 0. The summed E-state index contributed by atoms with van der Waals surface area (Å²) in [6, 6.07) is 16.6. The molecule has 1 aromatic heterocycles. The number of carbonyl (C=O) groups is 1. The molecule has 0 bridgehead atoms. The molecule has 0 saturated heterocycles. The Morgan fingerprint density at radius 2 is 1.88 bits per heavy atom. The number of hydrazone groups is 1. The number of aromatic nitrogens is 1. The van der Waals surface area contributed by atoms with Gasteiger partial charge in [0, 0.05) is 23.3 Å². The summed E-state index contributed by atoms with van der Waals surface area (Å²) in [6.07, 6.45) is 3.32. The molecule has 116 valence electrons. The van der Waals surface area contributed by atoms with Crippen molar-refractivity contribution in [3.8, 4) is 0 Å². The van der Waals surface area contributed by atoms with E-state index in [1.54, 1.807) is 18.5 Å². The van der Waals surface area contributed by atoms with Crippen LogP contribution in [-0.4, -0.2) is 22.6 Å². The van der Waals surface area contributed by atoms with Gasteiger partial charge in [-0.1, -0.05) is 36.4 Å². The molecular formula is C18H13N5O. The molecule has 24 heavy (non-hydrogen) atoms. The molecule has 1 unspecified atom stereocenters. The lowest BCUT2D eigenvalue weighted by molar-refractivity contribution is -0.120. The van der Waals surface area contributed by atoms with Crippen molar-refractivity contribution in [2.45, 2.75) is 6.04 Å². The summed E-state index contributed by atoms with van der Waals surface area (Å²) in [5.74, 6) is -0.294. The van der Waals surface area contributed by atoms with Crippen LogP contribution >= 0.6 is 0 Å². The summed E-state index contributed by atoms with van der Waals surface area (Å²) >= 11 is 0. The van der Waals surface area contributed by atoms with Gasteiger partial charge in [-0.2, -0.15) is 15.3 Å². The molecule has 0 fully saturated rings. The van der Waals surface area contributed by atoms with Crippen molar-refractivity contribution in [3.05, 3.63) is 72.6 Å². The summed E-state index contributed by atoms with van der Waals surface area (Å²) < 4.78 is 0. The van der Waals surface area contributed by atoms with Crippen molar-refractivity contribution < 1.29 is 4.79 Å². The van der Waals surface area contributed by atoms with Crippen LogP contribution in [0.1, 0.15) is 5.56 Å². The quantitative estimate of drug-likeness (QED) is 0.753. The number of amides is 1. The highest BCUT2D eigenvalue weighted by Crippen LogP contribution is 2.26. The number of azo groups is 1. The molecule has 6 heteroatoms. The number of nitrogens with one attached hydrogen (secondary N) is 1. The van der Waals surface area contributed by atoms with Gasteiger partial charge in [0.1, 0.15) is 5.71 Å². The van der Waals surface area contributed by atoms with Crippen LogP contribution in [0.15, 0.2) is 82.3 Å². The first-order valence-electron chi connectivity index (χ1n) is 7.49. The zero-order valence-electron chi connectivity index (χ0n) is 12.6. The van der Waals surface area contributed by atoms with E-state index < -0.39 is 6.04 Å². The number of hydrogen-bond acceptors (Lipinski definition) is 5. The summed E-state index contributed by atoms with van der Waals surface area (Å²) in [6.45, 7) is 0. The first-order chi connectivity index (χ1) is 11.8. The van der Waals surface area contributed by atoms with Gasteiger partial charge < -0.3 is 0 Å². The molecule has 0 aliphatic carbocycles. The molecule has 1 N–H and O–H groups in total. The molecule has 1 aliphatic heterocycles. The minimum atomic E-state index is -0.770. The third-order valence-electron chi connectivity index (χ3n) is 3.80. The third-order valence-corrected chi connectivity index (χ3v) is 3.80. The number of nitrogens with zero attached hydrogens (tertiary/aromatic N) is 4. The Morgan fingerprint density at radius 1 is 1.00 bits per heavy atom. The molecule has 0 saturated carbocycles. The van der Waals surface area contributed by atoms with E-state index >= 15 is 0 Å². The second-order valence-electron chi connectivity index (χ2n) is 5.33. The lowest BCUT2D eigenvalue weighted by atomic mass is 10.1. The Kier molecular flexibility index (Phi) is 3.55. The maximum Gasteiger partial charge on any atom is 0.273 e. The Balaban J connectivity index is 1.69. The maximum absolute atomic E-state index is 12.0. The molecule has 1 aliphatic rings. The van der Waals surface area contributed by atoms with E-state index in [-0.39, 0.29) is 5.91 Å². The van der Waals surface area contributed by atoms with Gasteiger partial charge in [-0.3, -0.25) is 9.78 Å². The van der Waals surface area contributed by atoms with Crippen LogP contribution in [0.5, 0.6) is 0 Å². The highest BCUT2D eigenvalue weighted by atomic mass is 16.2. The summed E-state index contributed by atoms with van der Waals surface area (Å²) in [5.41, 5.74) is 4.45. The van der Waals surface area contributed by atoms with Crippen LogP contribution in [0.3, 0.4) is 0 Å². The molecular weight excluding hydrogens is 302 g/mol. The van der Waals surface area contributed by atoms with Crippen molar-refractivity contribution in [1.29, 1.82) is 0 Å². The van der Waals surface area contributed by atoms with Crippen LogP contribution in [0.4, 0.5) is 5.69 Å². The van der Waals surface area contributed by atoms with Crippen molar-refractivity contribution in [1.82, 2.24) is 10.4 Å². The molecule has 1 atom stereocenters. The van der Waals surface area contributed by atoms with Crippen LogP contribution < -0.4 is 5.43 Å². The fraction of sp³-hybridized carbons (Fsp3) is 0.0556. The Hall–Kier alpha value is -3.41. The second-order valence-corrected chi connectivity index (χ2v) is 5.33. The van der Waals surface area contributed by atoms with Gasteiger partial charge in [0.05, 0.1) is 5.69 Å². The smallest absolute Gasteiger partial charge is 0.270 e. The van der Waals surface area contributed by atoms with Gasteiger partial charge >= 0.3 is 0 Å². The molecule has 0 spiro atoms. The highest BCUT2D eigenvalue weighted by molar-refractivity contribution is 6.19. The number of rotatable bonds is 3. The van der Waals surface area contributed by atoms with Gasteiger partial charge in [0.25, 0.3) is 5.91 Å². The van der Waals surface area contributed by atoms with E-state index in [4.69, 9.17) is 0 Å². The SMILES string of the molecule is O=C1NN=C(c2cccnc2)C1N=Nc1cccc2ccccc12. The predicted molar refractivity (Wildman–Crippen MR) is 91.2 cm³/mol. The molecule has 6 nitrogen and oxygen atoms in total. The monoisotopic (exact) mass is 315 g/mol. The van der Waals surface area contributed by atoms with E-state index in [1.807, 2.05) is 48.5 Å². The zero-order valence-corrected chi connectivity index (χ0v) is 12.6. The van der Waals surface area contributed by atoms with Crippen LogP contribution in [0.2, 0.25) is 0 Å². The van der Waals surface area contributed by atoms with E-state index in [0.29, 0.717) is 5.71 Å². The van der Waals surface area contributed by atoms with Crippen molar-refractivity contribution in [2.24, 2.45) is 15.3 Å². The number of carbonyl (C=O) groups excluding carboxylic acids is 1. The molecule has 4 rings (SSSR count). The first kappa shape index (κ1) is 14.2. The van der Waals surface area contributed by atoms with Crippen molar-refractivity contribution >= 4 is 28.1 Å². The van der Waals surface area contributed by atoms with Gasteiger partial charge in [-0.25, -0.2) is 5.43 Å². The molecule has 2 aromatic carbocycles. The Morgan fingerprint density at radius 3 is 2.75 bits per heavy atom. The number of hydrogen-bond donors (Lipinski definition) is 1. The van der Waals surface area contributed by atoms with Gasteiger partial charge in [0.2, 0.25) is 0 Å². The standard InChI is InChI=1S/C18H13N5O/c24-18-17(16(21-23-18)13-7-4-10-19-11-13)22-20-15-9-3-6-12-5-1-2-8-14(12)15/h1-11,17H,(H,23,24). The largest absolute Gasteiger partial charge is 0.273 e. The average Bonchev–Trinajstić information content (AvgIpc) is 3.01. The minimum Gasteiger partial charge on any atom is -0.270 e. The van der Waals surface area contributed by atoms with Gasteiger partial charge in [-0.05, 0) is 23.6 Å². The number of fused-ring (bicyclic) bond motifs is 1. The first-order valence-corrected chi connectivity index (χ1v) is 7.49. The van der Waals surface area contributed by atoms with Crippen LogP contribution in [0, 0.1) is 0 Å². The molecule has 1 amide bonds. The highest BCUT2D eigenvalue weighted by Gasteiger charge is 2.31. The molecule has 0 radical (unpaired) electrons. The molecule has 2 heterocycles. The number of pyridine rings is 1. The third kappa shape index (κ3) is 2.54. The topological polar surface area (TPSA) is 79.1 Å². The fourth-order valence-corrected chi connectivity index (χ4v) is 2.62. The van der Waals surface area contributed by atoms with Gasteiger partial charge in [-0.15, -0.1) is 0 Å². The minimum absolute atomic E-state index is 0.294. The second kappa shape index (κ2) is 6.00. The van der Waals surface area contributed by atoms with E-state index in [1.165, 1.54) is 0 Å². The van der Waals surface area contributed by atoms with E-state index in [0.717, 1.165) is 22.0 Å². The van der Waals surface area contributed by atoms with Crippen LogP contribution in [-0.2, 0) is 4.79 Å². The molecule has 3 aromatic rings. The lowest BCUT2D eigenvalue weighted by Crippen LogP contribution is -2.27. The van der Waals surface area contributed by atoms with Crippen LogP contribution in [0.25, 0.3) is 10.8 Å². The average molecular weight is 315 g/mol. The number of benzene rings is 2. The van der Waals surface area contributed by atoms with E-state index in [9.17, 15) is 4.79 Å². The van der Waals surface area contributed by atoms with E-state index in [2.05, 4.69) is 25.7 Å². The lowest BCUT2D eigenvalue weighted by Gasteiger charge is -2.05.